The second kappa shape index (κ2) is 6.98. The zero-order valence-electron chi connectivity index (χ0n) is 11.5. The maximum atomic E-state index is 13.0. The van der Waals surface area contributed by atoms with Gasteiger partial charge in [-0.05, 0) is 30.0 Å². The highest BCUT2D eigenvalue weighted by molar-refractivity contribution is 5.87. The zero-order chi connectivity index (χ0) is 15.3. The van der Waals surface area contributed by atoms with Crippen LogP contribution in [0.5, 0.6) is 0 Å². The molecule has 1 atom stereocenters. The average molecular weight is 284 g/mol. The molecule has 0 heterocycles. The number of carbonyl (C=O) groups excluding carboxylic acids is 2. The lowest BCUT2D eigenvalue weighted by Gasteiger charge is -2.17. The Morgan fingerprint density at radius 3 is 2.20 bits per heavy atom. The van der Waals surface area contributed by atoms with Gasteiger partial charge in [0.2, 0.25) is 11.8 Å². The summed E-state index contributed by atoms with van der Waals surface area (Å²) in [5, 5.41) is 2.48. The molecule has 0 unspecified atom stereocenters. The van der Waals surface area contributed by atoms with E-state index in [0.29, 0.717) is 6.42 Å². The predicted octanol–water partition coefficient (Wildman–Crippen LogP) is 1.52. The Bertz CT molecular complexity index is 484. The van der Waals surface area contributed by atoms with Crippen LogP contribution in [0.3, 0.4) is 0 Å². The van der Waals surface area contributed by atoms with Crippen molar-refractivity contribution in [3.05, 3.63) is 35.4 Å². The summed E-state index contributed by atoms with van der Waals surface area (Å²) in [5.74, 6) is -2.45. The van der Waals surface area contributed by atoms with Crippen LogP contribution in [0.1, 0.15) is 25.8 Å². The lowest BCUT2D eigenvalue weighted by atomic mass is 10.0. The SMILES string of the molecule is CC(C)C[C@H](NC(=O)Cc1cc(F)cc(F)c1)C(N)=O. The molecule has 0 aliphatic heterocycles. The predicted molar refractivity (Wildman–Crippen MR) is 70.6 cm³/mol. The van der Waals surface area contributed by atoms with Crippen molar-refractivity contribution in [3.63, 3.8) is 0 Å². The highest BCUT2D eigenvalue weighted by atomic mass is 19.1. The third-order valence-corrected chi connectivity index (χ3v) is 2.67. The van der Waals surface area contributed by atoms with Gasteiger partial charge in [-0.25, -0.2) is 8.78 Å². The molecule has 0 saturated heterocycles. The fourth-order valence-electron chi connectivity index (χ4n) is 1.86. The van der Waals surface area contributed by atoms with Gasteiger partial charge in [-0.3, -0.25) is 9.59 Å². The van der Waals surface area contributed by atoms with Crippen LogP contribution < -0.4 is 11.1 Å². The summed E-state index contributed by atoms with van der Waals surface area (Å²) >= 11 is 0. The maximum Gasteiger partial charge on any atom is 0.240 e. The summed E-state index contributed by atoms with van der Waals surface area (Å²) in [4.78, 5) is 23.0. The molecule has 4 nitrogen and oxygen atoms in total. The van der Waals surface area contributed by atoms with Crippen LogP contribution >= 0.6 is 0 Å². The molecular formula is C14H18F2N2O2. The molecule has 0 aliphatic rings. The molecule has 1 rings (SSSR count). The topological polar surface area (TPSA) is 72.2 Å². The number of carbonyl (C=O) groups is 2. The van der Waals surface area contributed by atoms with E-state index < -0.39 is 29.5 Å². The quantitative estimate of drug-likeness (QED) is 0.831. The fraction of sp³-hybridized carbons (Fsp3) is 0.429. The third kappa shape index (κ3) is 5.34. The Morgan fingerprint density at radius 1 is 1.20 bits per heavy atom. The molecule has 1 aromatic carbocycles. The normalized spacial score (nSPS) is 12.2. The van der Waals surface area contributed by atoms with E-state index in [2.05, 4.69) is 5.32 Å². The molecule has 0 bridgehead atoms. The van der Waals surface area contributed by atoms with Gasteiger partial charge in [-0.2, -0.15) is 0 Å². The molecular weight excluding hydrogens is 266 g/mol. The van der Waals surface area contributed by atoms with E-state index in [9.17, 15) is 18.4 Å². The van der Waals surface area contributed by atoms with Crippen molar-refractivity contribution >= 4 is 11.8 Å². The van der Waals surface area contributed by atoms with Crippen LogP contribution in [0.15, 0.2) is 18.2 Å². The van der Waals surface area contributed by atoms with Gasteiger partial charge in [0, 0.05) is 6.07 Å². The smallest absolute Gasteiger partial charge is 0.240 e. The largest absolute Gasteiger partial charge is 0.368 e. The number of amides is 2. The number of primary amides is 1. The minimum Gasteiger partial charge on any atom is -0.368 e. The van der Waals surface area contributed by atoms with Gasteiger partial charge in [0.15, 0.2) is 0 Å². The van der Waals surface area contributed by atoms with Crippen molar-refractivity contribution in [2.24, 2.45) is 11.7 Å². The van der Waals surface area contributed by atoms with Gasteiger partial charge >= 0.3 is 0 Å². The number of rotatable bonds is 6. The first-order chi connectivity index (χ1) is 9.27. The van der Waals surface area contributed by atoms with Gasteiger partial charge in [-0.1, -0.05) is 13.8 Å². The minimum atomic E-state index is -0.777. The van der Waals surface area contributed by atoms with Crippen LogP contribution in [0.25, 0.3) is 0 Å². The highest BCUT2D eigenvalue weighted by Gasteiger charge is 2.19. The van der Waals surface area contributed by atoms with Crippen LogP contribution in [0, 0.1) is 17.6 Å². The molecule has 0 aliphatic carbocycles. The summed E-state index contributed by atoms with van der Waals surface area (Å²) in [6.07, 6.45) is 0.204. The van der Waals surface area contributed by atoms with E-state index in [1.807, 2.05) is 13.8 Å². The molecule has 1 aromatic rings. The van der Waals surface area contributed by atoms with E-state index in [1.165, 1.54) is 0 Å². The monoisotopic (exact) mass is 284 g/mol. The molecule has 0 spiro atoms. The molecule has 0 radical (unpaired) electrons. The number of halogens is 2. The Morgan fingerprint density at radius 2 is 1.75 bits per heavy atom. The van der Waals surface area contributed by atoms with E-state index in [4.69, 9.17) is 5.73 Å². The van der Waals surface area contributed by atoms with Crippen molar-refractivity contribution in [3.8, 4) is 0 Å². The lowest BCUT2D eigenvalue weighted by molar-refractivity contribution is -0.127. The molecule has 0 fully saturated rings. The second-order valence-electron chi connectivity index (χ2n) is 5.11. The van der Waals surface area contributed by atoms with Crippen molar-refractivity contribution in [1.82, 2.24) is 5.32 Å². The first-order valence-corrected chi connectivity index (χ1v) is 6.31. The van der Waals surface area contributed by atoms with Crippen LogP contribution in [-0.4, -0.2) is 17.9 Å². The molecule has 110 valence electrons. The van der Waals surface area contributed by atoms with Gasteiger partial charge in [0.25, 0.3) is 0 Å². The van der Waals surface area contributed by atoms with Crippen molar-refractivity contribution in [2.45, 2.75) is 32.7 Å². The van der Waals surface area contributed by atoms with Crippen molar-refractivity contribution in [2.75, 3.05) is 0 Å². The maximum absolute atomic E-state index is 13.0. The second-order valence-corrected chi connectivity index (χ2v) is 5.11. The lowest BCUT2D eigenvalue weighted by Crippen LogP contribution is -2.45. The van der Waals surface area contributed by atoms with E-state index in [-0.39, 0.29) is 17.9 Å². The van der Waals surface area contributed by atoms with Gasteiger partial charge in [0.1, 0.15) is 17.7 Å². The summed E-state index contributed by atoms with van der Waals surface area (Å²) in [5.41, 5.74) is 5.40. The van der Waals surface area contributed by atoms with E-state index in [1.54, 1.807) is 0 Å². The number of hydrogen-bond acceptors (Lipinski definition) is 2. The molecule has 20 heavy (non-hydrogen) atoms. The van der Waals surface area contributed by atoms with Gasteiger partial charge in [-0.15, -0.1) is 0 Å². The number of nitrogens with one attached hydrogen (secondary N) is 1. The van der Waals surface area contributed by atoms with Crippen LogP contribution in [-0.2, 0) is 16.0 Å². The molecule has 3 N–H and O–H groups in total. The summed E-state index contributed by atoms with van der Waals surface area (Å²) < 4.78 is 26.0. The molecule has 6 heteroatoms. The third-order valence-electron chi connectivity index (χ3n) is 2.67. The molecule has 0 saturated carbocycles. The zero-order valence-corrected chi connectivity index (χ0v) is 11.5. The van der Waals surface area contributed by atoms with Crippen molar-refractivity contribution in [1.29, 1.82) is 0 Å². The van der Waals surface area contributed by atoms with Crippen molar-refractivity contribution < 1.29 is 18.4 Å². The number of hydrogen-bond donors (Lipinski definition) is 2. The highest BCUT2D eigenvalue weighted by Crippen LogP contribution is 2.09. The Hall–Kier alpha value is -1.98. The van der Waals surface area contributed by atoms with Crippen LogP contribution in [0.4, 0.5) is 8.78 Å². The molecule has 0 aromatic heterocycles. The van der Waals surface area contributed by atoms with E-state index >= 15 is 0 Å². The summed E-state index contributed by atoms with van der Waals surface area (Å²) in [7, 11) is 0. The molecule has 2 amide bonds. The number of nitrogens with two attached hydrogens (primary N) is 1. The van der Waals surface area contributed by atoms with E-state index in [0.717, 1.165) is 18.2 Å². The fourth-order valence-corrected chi connectivity index (χ4v) is 1.86. The number of benzene rings is 1. The van der Waals surface area contributed by atoms with Crippen LogP contribution in [0.2, 0.25) is 0 Å². The Kier molecular flexibility index (Phi) is 5.61. The average Bonchev–Trinajstić information content (AvgIpc) is 2.25. The Labute approximate surface area is 116 Å². The minimum absolute atomic E-state index is 0.180. The Balaban J connectivity index is 2.68. The summed E-state index contributed by atoms with van der Waals surface area (Å²) in [6, 6.07) is 2.10. The first-order valence-electron chi connectivity index (χ1n) is 6.31. The first kappa shape index (κ1) is 16.1. The standard InChI is InChI=1S/C14H18F2N2O2/c1-8(2)3-12(14(17)20)18-13(19)6-9-4-10(15)7-11(16)5-9/h4-5,7-8,12H,3,6H2,1-2H3,(H2,17,20)(H,18,19)/t12-/m0/s1. The van der Waals surface area contributed by atoms with Gasteiger partial charge < -0.3 is 11.1 Å². The summed E-state index contributed by atoms with van der Waals surface area (Å²) in [6.45, 7) is 3.79. The van der Waals surface area contributed by atoms with Gasteiger partial charge in [0.05, 0.1) is 6.42 Å².